The van der Waals surface area contributed by atoms with Crippen LogP contribution in [0.5, 0.6) is 5.75 Å². The van der Waals surface area contributed by atoms with Crippen LogP contribution in [0.1, 0.15) is 30.9 Å². The van der Waals surface area contributed by atoms with Crippen molar-refractivity contribution in [3.8, 4) is 5.75 Å². The molecule has 25 heavy (non-hydrogen) atoms. The quantitative estimate of drug-likeness (QED) is 0.877. The van der Waals surface area contributed by atoms with Gasteiger partial charge in [-0.1, -0.05) is 23.7 Å². The van der Waals surface area contributed by atoms with Gasteiger partial charge in [0.05, 0.1) is 24.2 Å². The van der Waals surface area contributed by atoms with Gasteiger partial charge >= 0.3 is 6.18 Å². The van der Waals surface area contributed by atoms with Crippen LogP contribution in [0.25, 0.3) is 0 Å². The molecule has 0 radical (unpaired) electrons. The lowest BCUT2D eigenvalue weighted by molar-refractivity contribution is -0.149. The van der Waals surface area contributed by atoms with E-state index in [-0.39, 0.29) is 31.0 Å². The maximum atomic E-state index is 12.5. The largest absolute Gasteiger partial charge is 0.492 e. The Morgan fingerprint density at radius 2 is 2.00 bits per heavy atom. The fraction of sp³-hybridized carbons (Fsp3) is 0.588. The first-order chi connectivity index (χ1) is 11.8. The molecule has 8 heteroatoms. The molecule has 1 N–H and O–H groups in total. The molecule has 2 heterocycles. The fourth-order valence-corrected chi connectivity index (χ4v) is 3.67. The number of rotatable bonds is 3. The molecule has 1 fully saturated rings. The molecule has 0 aliphatic carbocycles. The van der Waals surface area contributed by atoms with Crippen molar-refractivity contribution in [3.05, 3.63) is 28.8 Å². The van der Waals surface area contributed by atoms with Crippen molar-refractivity contribution in [2.45, 2.75) is 31.5 Å². The number of likely N-dealkylation sites (tertiary alicyclic amines) is 1. The summed E-state index contributed by atoms with van der Waals surface area (Å²) in [5, 5.41) is 3.53. The molecule has 1 atom stereocenters. The van der Waals surface area contributed by atoms with Gasteiger partial charge in [0.15, 0.2) is 0 Å². The molecule has 1 aromatic rings. The van der Waals surface area contributed by atoms with E-state index in [1.807, 2.05) is 12.1 Å². The Morgan fingerprint density at radius 3 is 2.68 bits per heavy atom. The smallest absolute Gasteiger partial charge is 0.401 e. The van der Waals surface area contributed by atoms with Gasteiger partial charge in [-0.25, -0.2) is 0 Å². The number of piperidine rings is 1. The zero-order chi connectivity index (χ0) is 18.0. The molecule has 0 bridgehead atoms. The predicted octanol–water partition coefficient (Wildman–Crippen LogP) is 3.55. The molecule has 138 valence electrons. The Kier molecular flexibility index (Phi) is 5.43. The monoisotopic (exact) mass is 376 g/mol. The number of alkyl halides is 3. The molecule has 0 spiro atoms. The van der Waals surface area contributed by atoms with Crippen LogP contribution in [-0.2, 0) is 4.79 Å². The van der Waals surface area contributed by atoms with Crippen molar-refractivity contribution in [3.63, 3.8) is 0 Å². The third-order valence-corrected chi connectivity index (χ3v) is 5.00. The second kappa shape index (κ2) is 7.41. The number of carbonyl (C=O) groups is 1. The normalized spacial score (nSPS) is 22.2. The Morgan fingerprint density at radius 1 is 1.28 bits per heavy atom. The molecule has 1 aromatic carbocycles. The van der Waals surface area contributed by atoms with Crippen molar-refractivity contribution in [1.82, 2.24) is 10.2 Å². The highest BCUT2D eigenvalue weighted by atomic mass is 35.5. The number of para-hydroxylation sites is 1. The van der Waals surface area contributed by atoms with Gasteiger partial charge in [0, 0.05) is 17.9 Å². The number of amides is 1. The number of nitrogens with zero attached hydrogens (tertiary/aromatic N) is 1. The summed E-state index contributed by atoms with van der Waals surface area (Å²) < 4.78 is 42.9. The summed E-state index contributed by atoms with van der Waals surface area (Å²) in [5.41, 5.74) is 0.849. The first kappa shape index (κ1) is 18.3. The van der Waals surface area contributed by atoms with Crippen LogP contribution in [0.4, 0.5) is 13.2 Å². The predicted molar refractivity (Wildman–Crippen MR) is 87.7 cm³/mol. The third-order valence-electron chi connectivity index (χ3n) is 4.70. The van der Waals surface area contributed by atoms with E-state index in [0.29, 0.717) is 36.6 Å². The number of halogens is 4. The van der Waals surface area contributed by atoms with Gasteiger partial charge in [0.1, 0.15) is 5.75 Å². The van der Waals surface area contributed by atoms with E-state index < -0.39 is 12.7 Å². The van der Waals surface area contributed by atoms with Gasteiger partial charge in [-0.05, 0) is 32.0 Å². The topological polar surface area (TPSA) is 41.6 Å². The van der Waals surface area contributed by atoms with Crippen LogP contribution in [0.3, 0.4) is 0 Å². The van der Waals surface area contributed by atoms with Gasteiger partial charge in [0.2, 0.25) is 5.91 Å². The lowest BCUT2D eigenvalue weighted by Crippen LogP contribution is -2.44. The van der Waals surface area contributed by atoms with Gasteiger partial charge in [0.25, 0.3) is 0 Å². The molecule has 3 rings (SSSR count). The molecular formula is C17H20ClF3N2O2. The summed E-state index contributed by atoms with van der Waals surface area (Å²) in [5.74, 6) is 0.236. The van der Waals surface area contributed by atoms with Crippen LogP contribution in [-0.4, -0.2) is 43.2 Å². The fourth-order valence-electron chi connectivity index (χ4n) is 3.43. The average Bonchev–Trinajstić information content (AvgIpc) is 2.55. The van der Waals surface area contributed by atoms with E-state index in [9.17, 15) is 18.0 Å². The van der Waals surface area contributed by atoms with Gasteiger partial charge in [-0.15, -0.1) is 0 Å². The van der Waals surface area contributed by atoms with Crippen molar-refractivity contribution >= 4 is 17.5 Å². The summed E-state index contributed by atoms with van der Waals surface area (Å²) >= 11 is 6.13. The molecule has 0 saturated carbocycles. The highest BCUT2D eigenvalue weighted by Crippen LogP contribution is 2.37. The van der Waals surface area contributed by atoms with Gasteiger partial charge in [-0.2, -0.15) is 13.2 Å². The molecule has 2 aliphatic heterocycles. The summed E-state index contributed by atoms with van der Waals surface area (Å²) in [6.07, 6.45) is -2.67. The van der Waals surface area contributed by atoms with Crippen LogP contribution >= 0.6 is 11.6 Å². The maximum absolute atomic E-state index is 12.5. The van der Waals surface area contributed by atoms with E-state index >= 15 is 0 Å². The Bertz CT molecular complexity index is 631. The number of ether oxygens (including phenoxy) is 1. The van der Waals surface area contributed by atoms with Crippen molar-refractivity contribution in [2.24, 2.45) is 5.92 Å². The highest BCUT2D eigenvalue weighted by Gasteiger charge is 2.34. The zero-order valence-electron chi connectivity index (χ0n) is 13.6. The van der Waals surface area contributed by atoms with E-state index in [4.69, 9.17) is 16.3 Å². The van der Waals surface area contributed by atoms with E-state index in [1.165, 1.54) is 4.90 Å². The standard InChI is InChI=1S/C17H20ClF3N2O2/c18-13-3-1-2-12-14(6-9-25-15(12)13)22-16(24)11-4-7-23(8-5-11)10-17(19,20)21/h1-3,11,14H,4-10H2,(H,22,24). The van der Waals surface area contributed by atoms with Gasteiger partial charge < -0.3 is 10.1 Å². The number of carbonyl (C=O) groups excluding carboxylic acids is 1. The highest BCUT2D eigenvalue weighted by molar-refractivity contribution is 6.32. The summed E-state index contributed by atoms with van der Waals surface area (Å²) in [7, 11) is 0. The van der Waals surface area contributed by atoms with E-state index in [0.717, 1.165) is 5.56 Å². The third kappa shape index (κ3) is 4.58. The average molecular weight is 377 g/mol. The number of hydrogen-bond donors (Lipinski definition) is 1. The zero-order valence-corrected chi connectivity index (χ0v) is 14.4. The lowest BCUT2D eigenvalue weighted by atomic mass is 9.94. The molecule has 2 aliphatic rings. The second-order valence-corrected chi connectivity index (χ2v) is 6.93. The molecular weight excluding hydrogens is 357 g/mol. The molecule has 1 amide bonds. The first-order valence-electron chi connectivity index (χ1n) is 8.34. The summed E-state index contributed by atoms with van der Waals surface area (Å²) in [6.45, 7) is 0.125. The Balaban J connectivity index is 1.57. The Labute approximate surface area is 149 Å². The Hall–Kier alpha value is -1.47. The lowest BCUT2D eigenvalue weighted by Gasteiger charge is -2.33. The molecule has 1 saturated heterocycles. The number of nitrogens with one attached hydrogen (secondary N) is 1. The SMILES string of the molecule is O=C(NC1CCOc2c(Cl)cccc21)C1CCN(CC(F)(F)F)CC1. The van der Waals surface area contributed by atoms with E-state index in [2.05, 4.69) is 5.32 Å². The van der Waals surface area contributed by atoms with Crippen LogP contribution in [0.2, 0.25) is 5.02 Å². The number of hydrogen-bond acceptors (Lipinski definition) is 3. The first-order valence-corrected chi connectivity index (χ1v) is 8.72. The number of benzene rings is 1. The minimum absolute atomic E-state index is 0.107. The summed E-state index contributed by atoms with van der Waals surface area (Å²) in [6, 6.07) is 5.24. The molecule has 4 nitrogen and oxygen atoms in total. The van der Waals surface area contributed by atoms with Gasteiger partial charge in [-0.3, -0.25) is 9.69 Å². The number of fused-ring (bicyclic) bond motifs is 1. The summed E-state index contributed by atoms with van der Waals surface area (Å²) in [4.78, 5) is 13.9. The minimum Gasteiger partial charge on any atom is -0.492 e. The van der Waals surface area contributed by atoms with E-state index in [1.54, 1.807) is 6.07 Å². The molecule has 0 aromatic heterocycles. The second-order valence-electron chi connectivity index (χ2n) is 6.52. The van der Waals surface area contributed by atoms with Crippen molar-refractivity contribution < 1.29 is 22.7 Å². The van der Waals surface area contributed by atoms with Crippen LogP contribution < -0.4 is 10.1 Å². The van der Waals surface area contributed by atoms with Crippen molar-refractivity contribution in [1.29, 1.82) is 0 Å². The van der Waals surface area contributed by atoms with Crippen molar-refractivity contribution in [2.75, 3.05) is 26.2 Å². The maximum Gasteiger partial charge on any atom is 0.401 e. The van der Waals surface area contributed by atoms with Crippen LogP contribution in [0.15, 0.2) is 18.2 Å². The minimum atomic E-state index is -4.19. The molecule has 1 unspecified atom stereocenters. The van der Waals surface area contributed by atoms with Crippen LogP contribution in [0, 0.1) is 5.92 Å².